The molecule has 1 aliphatic rings. The van der Waals surface area contributed by atoms with Gasteiger partial charge in [0.1, 0.15) is 5.01 Å². The number of benzene rings is 1. The minimum atomic E-state index is -3.37. The zero-order valence-electron chi connectivity index (χ0n) is 21.0. The van der Waals surface area contributed by atoms with E-state index in [1.807, 2.05) is 0 Å². The SMILES string of the molecule is [B]C([B])([B])NC(=O)c1nnc(NC(=O)C2CC2)cc1Nc1cccc(-c2ncc(CNS(C)(=O)=O)s2)c1OC. The van der Waals surface area contributed by atoms with E-state index in [1.54, 1.807) is 24.4 Å². The summed E-state index contributed by atoms with van der Waals surface area (Å²) in [4.78, 5) is 30.2. The van der Waals surface area contributed by atoms with Crippen LogP contribution in [0.1, 0.15) is 28.2 Å². The summed E-state index contributed by atoms with van der Waals surface area (Å²) in [5, 5.41) is 14.5. The number of ether oxygens (including phenoxy) is 1. The normalized spacial score (nSPS) is 13.5. The van der Waals surface area contributed by atoms with Gasteiger partial charge >= 0.3 is 0 Å². The Kier molecular flexibility index (Phi) is 8.32. The van der Waals surface area contributed by atoms with Crippen molar-refractivity contribution in [2.45, 2.75) is 24.6 Å². The Bertz CT molecular complexity index is 1510. The van der Waals surface area contributed by atoms with Crippen LogP contribution in [-0.2, 0) is 21.4 Å². The highest BCUT2D eigenvalue weighted by atomic mass is 32.2. The molecule has 3 aromatic rings. The number of sulfonamides is 1. The van der Waals surface area contributed by atoms with Crippen LogP contribution in [0.2, 0.25) is 0 Å². The number of para-hydroxylation sites is 1. The van der Waals surface area contributed by atoms with Crippen LogP contribution in [0.3, 0.4) is 0 Å². The third-order valence-corrected chi connectivity index (χ3v) is 7.02. The molecule has 17 heteroatoms. The fraction of sp³-hybridized carbons (Fsp3) is 0.318. The molecule has 1 aliphatic carbocycles. The van der Waals surface area contributed by atoms with Gasteiger partial charge in [-0.3, -0.25) is 9.59 Å². The van der Waals surface area contributed by atoms with Gasteiger partial charge in [0.15, 0.2) is 17.3 Å². The molecule has 1 aromatic carbocycles. The summed E-state index contributed by atoms with van der Waals surface area (Å²) >= 11 is 1.28. The van der Waals surface area contributed by atoms with E-state index >= 15 is 0 Å². The van der Waals surface area contributed by atoms with Gasteiger partial charge in [-0.05, 0) is 25.0 Å². The highest BCUT2D eigenvalue weighted by Gasteiger charge is 2.30. The van der Waals surface area contributed by atoms with Gasteiger partial charge in [-0.1, -0.05) is 11.3 Å². The molecule has 0 spiro atoms. The molecule has 0 bridgehead atoms. The predicted molar refractivity (Wildman–Crippen MR) is 150 cm³/mol. The van der Waals surface area contributed by atoms with Crippen LogP contribution in [0.4, 0.5) is 17.2 Å². The second-order valence-electron chi connectivity index (χ2n) is 8.88. The number of nitrogens with zero attached hydrogens (tertiary/aromatic N) is 3. The van der Waals surface area contributed by atoms with E-state index in [1.165, 1.54) is 24.5 Å². The molecule has 0 unspecified atom stereocenters. The lowest BCUT2D eigenvalue weighted by Crippen LogP contribution is -2.50. The summed E-state index contributed by atoms with van der Waals surface area (Å²) in [5.74, 6) is -0.570. The van der Waals surface area contributed by atoms with Crippen molar-refractivity contribution in [2.24, 2.45) is 5.92 Å². The molecule has 2 amide bonds. The number of carbonyl (C=O) groups excluding carboxylic acids is 2. The molecule has 0 atom stereocenters. The monoisotopic (exact) mass is 561 g/mol. The van der Waals surface area contributed by atoms with Crippen LogP contribution in [0.5, 0.6) is 5.75 Å². The van der Waals surface area contributed by atoms with Crippen molar-refractivity contribution < 1.29 is 22.7 Å². The third-order valence-electron chi connectivity index (χ3n) is 5.32. The maximum absolute atomic E-state index is 12.8. The molecule has 39 heavy (non-hydrogen) atoms. The van der Waals surface area contributed by atoms with Crippen molar-refractivity contribution in [3.63, 3.8) is 0 Å². The zero-order valence-corrected chi connectivity index (χ0v) is 22.6. The van der Waals surface area contributed by atoms with Gasteiger partial charge in [-0.15, -0.1) is 21.5 Å². The van der Waals surface area contributed by atoms with Gasteiger partial charge in [0.25, 0.3) is 5.91 Å². The van der Waals surface area contributed by atoms with E-state index in [-0.39, 0.29) is 35.6 Å². The largest absolute Gasteiger partial charge is 0.494 e. The molecule has 6 radical (unpaired) electrons. The number of carbonyl (C=O) groups is 2. The molecule has 2 heterocycles. The molecule has 4 N–H and O–H groups in total. The molecule has 0 aliphatic heterocycles. The number of thiazole rings is 1. The molecule has 12 nitrogen and oxygen atoms in total. The van der Waals surface area contributed by atoms with Gasteiger partial charge in [0.2, 0.25) is 15.9 Å². The molecular weight excluding hydrogens is 539 g/mol. The van der Waals surface area contributed by atoms with Crippen molar-refractivity contribution in [2.75, 3.05) is 24.0 Å². The fourth-order valence-corrected chi connectivity index (χ4v) is 4.81. The average Bonchev–Trinajstić information content (AvgIpc) is 3.59. The highest BCUT2D eigenvalue weighted by molar-refractivity contribution is 7.88. The van der Waals surface area contributed by atoms with E-state index in [0.29, 0.717) is 26.9 Å². The van der Waals surface area contributed by atoms with Crippen molar-refractivity contribution in [1.82, 2.24) is 25.2 Å². The summed E-state index contributed by atoms with van der Waals surface area (Å²) in [6, 6.07) is 6.66. The lowest BCUT2D eigenvalue weighted by molar-refractivity contribution is -0.117. The van der Waals surface area contributed by atoms with Crippen LogP contribution in [-0.4, -0.2) is 77.6 Å². The molecule has 1 saturated carbocycles. The Balaban J connectivity index is 1.67. The Morgan fingerprint density at radius 1 is 1.18 bits per heavy atom. The number of nitrogens with one attached hydrogen (secondary N) is 4. The number of hydrogen-bond donors (Lipinski definition) is 4. The predicted octanol–water partition coefficient (Wildman–Crippen LogP) is 0.597. The lowest BCUT2D eigenvalue weighted by atomic mass is 9.49. The van der Waals surface area contributed by atoms with Crippen LogP contribution in [0.25, 0.3) is 10.6 Å². The molecule has 0 saturated heterocycles. The minimum absolute atomic E-state index is 0.0777. The van der Waals surface area contributed by atoms with E-state index in [4.69, 9.17) is 28.3 Å². The highest BCUT2D eigenvalue weighted by Crippen LogP contribution is 2.40. The van der Waals surface area contributed by atoms with Crippen molar-refractivity contribution in [3.05, 3.63) is 41.0 Å². The standard InChI is InChI=1S/C22H22B3N7O5S2/c1-37-18-13(21-26-9-12(38-21)10-27-39(2,35)36)4-3-5-14(18)28-15-8-16(29-19(33)11-6-7-11)31-32-17(15)20(34)30-22(23,24)25/h3-5,8-9,11,27H,6-7,10H2,1-2H3,(H,30,34)(H2,28,29,31,33). The van der Waals surface area contributed by atoms with Crippen molar-refractivity contribution >= 4 is 73.9 Å². The number of hydrogen-bond acceptors (Lipinski definition) is 10. The number of amides is 2. The third kappa shape index (κ3) is 7.80. The van der Waals surface area contributed by atoms with Gasteiger partial charge in [0.05, 0.1) is 53.8 Å². The Hall–Kier alpha value is -3.43. The van der Waals surface area contributed by atoms with Gasteiger partial charge in [0, 0.05) is 29.6 Å². The van der Waals surface area contributed by atoms with Gasteiger partial charge in [-0.25, -0.2) is 18.1 Å². The molecule has 2 aromatic heterocycles. The first-order chi connectivity index (χ1) is 18.3. The summed E-state index contributed by atoms with van der Waals surface area (Å²) in [6.07, 6.45) is 4.24. The van der Waals surface area contributed by atoms with Gasteiger partial charge < -0.3 is 20.7 Å². The lowest BCUT2D eigenvalue weighted by Gasteiger charge is -2.23. The summed E-state index contributed by atoms with van der Waals surface area (Å²) in [6.45, 7) is 0.0954. The maximum Gasteiger partial charge on any atom is 0.272 e. The van der Waals surface area contributed by atoms with Crippen LogP contribution < -0.4 is 25.4 Å². The quantitative estimate of drug-likeness (QED) is 0.246. The van der Waals surface area contributed by atoms with Crippen molar-refractivity contribution in [3.8, 4) is 16.3 Å². The maximum atomic E-state index is 12.8. The average molecular weight is 561 g/mol. The first kappa shape index (κ1) is 28.6. The summed E-state index contributed by atoms with van der Waals surface area (Å²) < 4.78 is 31.0. The zero-order chi connectivity index (χ0) is 28.4. The minimum Gasteiger partial charge on any atom is -0.494 e. The molecule has 1 fully saturated rings. The molecule has 4 rings (SSSR count). The first-order valence-electron chi connectivity index (χ1n) is 11.5. The van der Waals surface area contributed by atoms with E-state index in [0.717, 1.165) is 19.1 Å². The van der Waals surface area contributed by atoms with Gasteiger partial charge in [-0.2, -0.15) is 0 Å². The van der Waals surface area contributed by atoms with E-state index < -0.39 is 21.2 Å². The van der Waals surface area contributed by atoms with Crippen LogP contribution in [0, 0.1) is 5.92 Å². The van der Waals surface area contributed by atoms with Crippen LogP contribution in [0.15, 0.2) is 30.5 Å². The number of methoxy groups -OCH3 is 1. The van der Waals surface area contributed by atoms with Crippen molar-refractivity contribution in [1.29, 1.82) is 0 Å². The molecular formula is C22H22B3N7O5S2. The summed E-state index contributed by atoms with van der Waals surface area (Å²) in [7, 11) is 14.7. The topological polar surface area (TPSA) is 164 Å². The second-order valence-corrected chi connectivity index (χ2v) is 11.8. The number of rotatable bonds is 11. The Morgan fingerprint density at radius 2 is 1.92 bits per heavy atom. The smallest absolute Gasteiger partial charge is 0.272 e. The van der Waals surface area contributed by atoms with E-state index in [2.05, 4.69) is 35.9 Å². The second kappa shape index (κ2) is 11.4. The molecule has 196 valence electrons. The Morgan fingerprint density at radius 3 is 2.56 bits per heavy atom. The van der Waals surface area contributed by atoms with Crippen LogP contribution >= 0.6 is 11.3 Å². The fourth-order valence-electron chi connectivity index (χ4n) is 3.43. The first-order valence-corrected chi connectivity index (χ1v) is 14.2. The number of anilines is 3. The number of aromatic nitrogens is 3. The van der Waals surface area contributed by atoms with E-state index in [9.17, 15) is 18.0 Å². The summed E-state index contributed by atoms with van der Waals surface area (Å²) in [5.41, 5.74) is 1.01. The Labute approximate surface area is 233 Å².